The third-order valence-electron chi connectivity index (χ3n) is 13.2. The molecule has 0 saturated carbocycles. The number of hydrogen-bond donors (Lipinski definition) is 2. The third-order valence-corrected chi connectivity index (χ3v) is 16.1. The molecule has 0 bridgehead atoms. The summed E-state index contributed by atoms with van der Waals surface area (Å²) in [7, 11) is -7.98. The second-order valence-electron chi connectivity index (χ2n) is 18.5. The quantitative estimate of drug-likeness (QED) is 0.0857. The number of nitrogens with one attached hydrogen (secondary N) is 2. The van der Waals surface area contributed by atoms with Crippen molar-refractivity contribution in [3.8, 4) is 11.4 Å². The summed E-state index contributed by atoms with van der Waals surface area (Å²) in [5.74, 6) is -1.15. The van der Waals surface area contributed by atoms with Crippen LogP contribution >= 0.6 is 11.6 Å². The number of rotatable bonds is 13. The molecule has 2 fully saturated rings. The number of allylic oxidation sites excluding steroid dienone is 1. The minimum atomic E-state index is -4.65. The number of pyridine rings is 1. The molecule has 2 aliphatic heterocycles. The van der Waals surface area contributed by atoms with E-state index in [-0.39, 0.29) is 29.3 Å². The Morgan fingerprint density at radius 2 is 1.72 bits per heavy atom. The number of aromatic nitrogens is 4. The van der Waals surface area contributed by atoms with Gasteiger partial charge in [-0.2, -0.15) is 0 Å². The van der Waals surface area contributed by atoms with Crippen LogP contribution in [0.25, 0.3) is 33.3 Å². The number of amides is 1. The average Bonchev–Trinajstić information content (AvgIpc) is 3.94. The highest BCUT2D eigenvalue weighted by Gasteiger charge is 2.32. The number of nitrogens with zero attached hydrogens (tertiary/aromatic N) is 7. The lowest BCUT2D eigenvalue weighted by molar-refractivity contribution is -0.386. The van der Waals surface area contributed by atoms with E-state index in [1.54, 1.807) is 29.2 Å². The van der Waals surface area contributed by atoms with Crippen molar-refractivity contribution in [1.29, 1.82) is 0 Å². The van der Waals surface area contributed by atoms with Crippen LogP contribution in [-0.4, -0.2) is 115 Å². The van der Waals surface area contributed by atoms with Gasteiger partial charge >= 0.3 is 5.69 Å². The maximum Gasteiger partial charge on any atom is 0.312 e. The Hall–Kier alpha value is -5.86. The van der Waals surface area contributed by atoms with E-state index in [1.807, 2.05) is 30.3 Å². The molecule has 67 heavy (non-hydrogen) atoms. The molecule has 2 saturated heterocycles. The number of hydrogen-bond acceptors (Lipinski definition) is 12. The molecule has 0 unspecified atom stereocenters. The number of piperazine rings is 1. The van der Waals surface area contributed by atoms with Gasteiger partial charge < -0.3 is 9.64 Å². The van der Waals surface area contributed by atoms with Crippen molar-refractivity contribution in [2.24, 2.45) is 11.3 Å². The lowest BCUT2D eigenvalue weighted by Crippen LogP contribution is -2.47. The van der Waals surface area contributed by atoms with Crippen molar-refractivity contribution in [3.63, 3.8) is 0 Å². The van der Waals surface area contributed by atoms with Crippen LogP contribution in [0.15, 0.2) is 95.7 Å². The molecule has 0 radical (unpaired) electrons. The molecule has 0 spiro atoms. The molecule has 17 nitrogen and oxygen atoms in total. The number of piperidine rings is 1. The molecule has 3 aromatic heterocycles. The summed E-state index contributed by atoms with van der Waals surface area (Å²) in [5.41, 5.74) is 6.69. The van der Waals surface area contributed by atoms with Crippen LogP contribution in [0.4, 0.5) is 11.4 Å². The van der Waals surface area contributed by atoms with E-state index in [2.05, 4.69) is 55.6 Å². The van der Waals surface area contributed by atoms with Crippen LogP contribution in [0.2, 0.25) is 5.02 Å². The Morgan fingerprint density at radius 3 is 2.43 bits per heavy atom. The third kappa shape index (κ3) is 10.1. The van der Waals surface area contributed by atoms with Crippen LogP contribution in [0.1, 0.15) is 61.9 Å². The summed E-state index contributed by atoms with van der Waals surface area (Å²) in [6, 6.07) is 20.3. The second kappa shape index (κ2) is 18.3. The molecule has 9 rings (SSSR count). The predicted octanol–water partition coefficient (Wildman–Crippen LogP) is 7.42. The molecular weight excluding hydrogens is 918 g/mol. The van der Waals surface area contributed by atoms with Gasteiger partial charge in [0, 0.05) is 80.4 Å². The van der Waals surface area contributed by atoms with Gasteiger partial charge in [0.05, 0.1) is 39.4 Å². The van der Waals surface area contributed by atoms with Gasteiger partial charge in [-0.15, -0.1) is 0 Å². The smallest absolute Gasteiger partial charge is 0.312 e. The van der Waals surface area contributed by atoms with Crippen molar-refractivity contribution in [1.82, 2.24) is 33.7 Å². The number of fused-ring (bicyclic) bond motifs is 2. The lowest BCUT2D eigenvalue weighted by Gasteiger charge is -2.39. The molecule has 1 aliphatic carbocycles. The number of carbonyl (C=O) groups excluding carboxylic acids is 1. The number of nitro benzene ring substituents is 1. The first-order chi connectivity index (χ1) is 31.9. The van der Waals surface area contributed by atoms with Gasteiger partial charge in [-0.25, -0.2) is 35.8 Å². The van der Waals surface area contributed by atoms with Crippen molar-refractivity contribution < 1.29 is 31.3 Å². The molecule has 1 amide bonds. The summed E-state index contributed by atoms with van der Waals surface area (Å²) in [6.07, 6.45) is 8.67. The van der Waals surface area contributed by atoms with E-state index < -0.39 is 41.5 Å². The number of ether oxygens (including phenoxy) is 1. The van der Waals surface area contributed by atoms with Crippen LogP contribution in [0.3, 0.4) is 0 Å². The summed E-state index contributed by atoms with van der Waals surface area (Å²) in [4.78, 5) is 38.9. The zero-order valence-electron chi connectivity index (χ0n) is 37.4. The number of nitro groups is 1. The molecule has 0 atom stereocenters. The van der Waals surface area contributed by atoms with Crippen molar-refractivity contribution >= 4 is 76.6 Å². The van der Waals surface area contributed by atoms with E-state index in [4.69, 9.17) is 16.3 Å². The normalized spacial score (nSPS) is 17.9. The molecule has 2 N–H and O–H groups in total. The van der Waals surface area contributed by atoms with Crippen LogP contribution in [0, 0.1) is 21.4 Å². The van der Waals surface area contributed by atoms with Gasteiger partial charge in [0.25, 0.3) is 15.9 Å². The Bertz CT molecular complexity index is 3140. The lowest BCUT2D eigenvalue weighted by atomic mass is 9.72. The topological polar surface area (TPSA) is 206 Å². The molecule has 3 aromatic carbocycles. The number of H-pyrrole nitrogens is 1. The first-order valence-electron chi connectivity index (χ1n) is 22.2. The SMILES string of the molecule is CC1(C)CCC(CN2CCN(c3ccc(C(=O)NS(=O)(=O)c4ccc(OCC5CCN(S(C)(=O)=O)CC5)c([N+](=O)[O-])c4)c(-n4[nH]cc5nc6nccc6cc54)c3)CC2)=C(c2ccc(Cl)cc2)C1. The Balaban J connectivity index is 0.953. The first-order valence-corrected chi connectivity index (χ1v) is 26.0. The molecule has 352 valence electrons. The summed E-state index contributed by atoms with van der Waals surface area (Å²) < 4.78 is 62.6. The summed E-state index contributed by atoms with van der Waals surface area (Å²) >= 11 is 6.26. The number of carbonyl (C=O) groups is 1. The highest BCUT2D eigenvalue weighted by molar-refractivity contribution is 7.90. The van der Waals surface area contributed by atoms with E-state index in [9.17, 15) is 31.7 Å². The maximum absolute atomic E-state index is 14.2. The van der Waals surface area contributed by atoms with Crippen LogP contribution < -0.4 is 14.4 Å². The van der Waals surface area contributed by atoms with Gasteiger partial charge in [-0.05, 0) is 109 Å². The van der Waals surface area contributed by atoms with Gasteiger partial charge in [-0.3, -0.25) is 29.6 Å². The van der Waals surface area contributed by atoms with Gasteiger partial charge in [-0.1, -0.05) is 43.2 Å². The zero-order valence-corrected chi connectivity index (χ0v) is 39.8. The van der Waals surface area contributed by atoms with Gasteiger partial charge in [0.15, 0.2) is 11.4 Å². The van der Waals surface area contributed by atoms with Gasteiger partial charge in [0.2, 0.25) is 10.0 Å². The van der Waals surface area contributed by atoms with Crippen molar-refractivity contribution in [2.45, 2.75) is 50.8 Å². The van der Waals surface area contributed by atoms with E-state index in [0.717, 1.165) is 73.4 Å². The Morgan fingerprint density at radius 1 is 0.970 bits per heavy atom. The highest BCUT2D eigenvalue weighted by Crippen LogP contribution is 2.43. The van der Waals surface area contributed by atoms with E-state index in [0.29, 0.717) is 61.4 Å². The molecule has 6 aromatic rings. The number of anilines is 1. The molecular formula is C47H52ClN9O8S2. The first kappa shape index (κ1) is 46.3. The van der Waals surface area contributed by atoms with E-state index in [1.165, 1.54) is 27.1 Å². The van der Waals surface area contributed by atoms with Crippen LogP contribution in [-0.2, 0) is 20.0 Å². The minimum Gasteiger partial charge on any atom is -0.487 e. The second-order valence-corrected chi connectivity index (χ2v) is 22.6. The van der Waals surface area contributed by atoms with Crippen molar-refractivity contribution in [2.75, 3.05) is 63.6 Å². The average molecular weight is 971 g/mol. The monoisotopic (exact) mass is 969 g/mol. The van der Waals surface area contributed by atoms with Crippen molar-refractivity contribution in [3.05, 3.63) is 117 Å². The highest BCUT2D eigenvalue weighted by atomic mass is 35.5. The summed E-state index contributed by atoms with van der Waals surface area (Å²) in [6.45, 7) is 9.27. The number of sulfonamides is 2. The standard InChI is InChI=1S/C47H52ClN9O8S2/c1-47(2)16-12-34(39(27-47)32-4-6-35(48)7-5-32)29-53-20-22-54(23-21-53)36-8-10-38(41(25-36)56-42-24-33-13-17-49-45(33)51-40(42)28-50-56)46(58)52-67(63,64)37-9-11-44(43(26-37)57(59)60)65-30-31-14-18-55(19-15-31)66(3,61)62/h4-11,13,17,24-26,28,31,50H,12,14-16,18-23,27,29-30H2,1-3H3,(H,52,58). The number of aromatic amines is 1. The van der Waals surface area contributed by atoms with Crippen LogP contribution in [0.5, 0.6) is 5.75 Å². The number of halogens is 1. The molecule has 3 aliphatic rings. The zero-order chi connectivity index (χ0) is 47.3. The minimum absolute atomic E-state index is 0.0266. The Labute approximate surface area is 394 Å². The fourth-order valence-electron chi connectivity index (χ4n) is 9.39. The number of benzene rings is 3. The van der Waals surface area contributed by atoms with E-state index >= 15 is 0 Å². The summed E-state index contributed by atoms with van der Waals surface area (Å²) in [5, 5.41) is 16.9. The maximum atomic E-state index is 14.2. The molecule has 5 heterocycles. The Kier molecular flexibility index (Phi) is 12.7. The largest absolute Gasteiger partial charge is 0.487 e. The fraction of sp³-hybridized carbons (Fsp3) is 0.383. The fourth-order valence-corrected chi connectivity index (χ4v) is 11.4. The molecule has 20 heteroatoms. The van der Waals surface area contributed by atoms with Gasteiger partial charge in [0.1, 0.15) is 5.52 Å². The predicted molar refractivity (Wildman–Crippen MR) is 258 cm³/mol.